The molecule has 0 heterocycles. The van der Waals surface area contributed by atoms with Crippen LogP contribution in [0.1, 0.15) is 36.8 Å². The lowest BCUT2D eigenvalue weighted by atomic mass is 9.60. The number of phenolic OH excluding ortho intramolecular Hbond substituents is 1. The van der Waals surface area contributed by atoms with Crippen LogP contribution in [-0.4, -0.2) is 54.7 Å². The molecule has 5 nitrogen and oxygen atoms in total. The van der Waals surface area contributed by atoms with E-state index in [1.807, 2.05) is 56.6 Å². The average Bonchev–Trinajstić information content (AvgIpc) is 3.02. The van der Waals surface area contributed by atoms with Crippen LogP contribution >= 0.6 is 0 Å². The summed E-state index contributed by atoms with van der Waals surface area (Å²) in [7, 11) is 4.01. The Bertz CT molecular complexity index is 1950. The van der Waals surface area contributed by atoms with Crippen molar-refractivity contribution in [3.8, 4) is 5.75 Å². The van der Waals surface area contributed by atoms with Crippen LogP contribution in [0.4, 0.5) is 11.4 Å². The van der Waals surface area contributed by atoms with Gasteiger partial charge in [0.15, 0.2) is 0 Å². The second-order valence-electron chi connectivity index (χ2n) is 12.0. The molecule has 0 saturated heterocycles. The molecule has 6 aromatic carbocycles. The van der Waals surface area contributed by atoms with Crippen molar-refractivity contribution in [3.63, 3.8) is 0 Å². The highest BCUT2D eigenvalue weighted by molar-refractivity contribution is 6.17. The monoisotopic (exact) mass is 570 g/mol. The Morgan fingerprint density at radius 1 is 0.535 bits per heavy atom. The van der Waals surface area contributed by atoms with Gasteiger partial charge in [0.1, 0.15) is 5.75 Å². The molecule has 5 heteroatoms. The van der Waals surface area contributed by atoms with Crippen molar-refractivity contribution in [1.29, 1.82) is 0 Å². The summed E-state index contributed by atoms with van der Waals surface area (Å²) in [6.45, 7) is 6.12. The van der Waals surface area contributed by atoms with Gasteiger partial charge >= 0.3 is 0 Å². The maximum absolute atomic E-state index is 12.2. The first-order valence-electron chi connectivity index (χ1n) is 15.3. The van der Waals surface area contributed by atoms with Crippen molar-refractivity contribution in [2.75, 3.05) is 37.0 Å². The van der Waals surface area contributed by atoms with Gasteiger partial charge in [0.05, 0.1) is 23.6 Å². The van der Waals surface area contributed by atoms with Gasteiger partial charge in [-0.1, -0.05) is 84.9 Å². The quantitative estimate of drug-likeness (QED) is 0.181. The third-order valence-corrected chi connectivity index (χ3v) is 9.65. The number of hydrogen-bond donors (Lipinski definition) is 3. The molecule has 3 N–H and O–H groups in total. The van der Waals surface area contributed by atoms with Crippen molar-refractivity contribution < 1.29 is 15.3 Å². The number of aromatic hydroxyl groups is 1. The third kappa shape index (κ3) is 3.92. The van der Waals surface area contributed by atoms with Gasteiger partial charge in [-0.2, -0.15) is 0 Å². The first-order chi connectivity index (χ1) is 20.9. The maximum atomic E-state index is 12.2. The van der Waals surface area contributed by atoms with Crippen LogP contribution in [0.2, 0.25) is 0 Å². The number of nitrogens with zero attached hydrogens (tertiary/aromatic N) is 2. The minimum atomic E-state index is -0.850. The van der Waals surface area contributed by atoms with Crippen LogP contribution < -0.4 is 9.80 Å². The molecule has 218 valence electrons. The summed E-state index contributed by atoms with van der Waals surface area (Å²) in [4.78, 5) is 4.46. The highest BCUT2D eigenvalue weighted by Crippen LogP contribution is 2.56. The molecule has 0 radical (unpaired) electrons. The number of anilines is 2. The predicted molar refractivity (Wildman–Crippen MR) is 180 cm³/mol. The molecule has 0 amide bonds. The molecular formula is C38H38N2O3. The van der Waals surface area contributed by atoms with Gasteiger partial charge in [0, 0.05) is 66.0 Å². The van der Waals surface area contributed by atoms with E-state index in [-0.39, 0.29) is 5.75 Å². The van der Waals surface area contributed by atoms with Crippen LogP contribution in [0.3, 0.4) is 0 Å². The minimum absolute atomic E-state index is 0.156. The lowest BCUT2D eigenvalue weighted by Gasteiger charge is -2.48. The van der Waals surface area contributed by atoms with Crippen molar-refractivity contribution in [2.45, 2.75) is 37.9 Å². The fourth-order valence-electron chi connectivity index (χ4n) is 7.82. The molecule has 0 aliphatic heterocycles. The van der Waals surface area contributed by atoms with Crippen molar-refractivity contribution in [1.82, 2.24) is 0 Å². The highest BCUT2D eigenvalue weighted by Gasteiger charge is 2.52. The number of aliphatic hydroxyl groups excluding tert-OH is 2. The van der Waals surface area contributed by atoms with Crippen molar-refractivity contribution >= 4 is 54.5 Å². The van der Waals surface area contributed by atoms with Gasteiger partial charge in [-0.3, -0.25) is 0 Å². The lowest BCUT2D eigenvalue weighted by Crippen LogP contribution is -2.52. The van der Waals surface area contributed by atoms with E-state index < -0.39 is 24.0 Å². The summed E-state index contributed by atoms with van der Waals surface area (Å²) in [5, 5.41) is 43.5. The first-order valence-corrected chi connectivity index (χ1v) is 15.3. The Morgan fingerprint density at radius 2 is 0.953 bits per heavy atom. The van der Waals surface area contributed by atoms with Crippen LogP contribution in [0.5, 0.6) is 5.75 Å². The van der Waals surface area contributed by atoms with Gasteiger partial charge in [0.25, 0.3) is 0 Å². The average molecular weight is 571 g/mol. The van der Waals surface area contributed by atoms with E-state index in [0.717, 1.165) is 67.6 Å². The summed E-state index contributed by atoms with van der Waals surface area (Å²) in [5.41, 5.74) is 4.00. The summed E-state index contributed by atoms with van der Waals surface area (Å²) in [6.07, 6.45) is -1.70. The fraction of sp³-hybridized carbons (Fsp3) is 0.263. The van der Waals surface area contributed by atoms with E-state index in [0.29, 0.717) is 5.39 Å². The SMILES string of the molecule is CCN(CC)c1c2ccccc2c(C2C(O)C(c3c4ccccc4c(N(C)C)c4cccc(O)c34)C2O)c2ccccc12. The number of hydrogen-bond acceptors (Lipinski definition) is 5. The zero-order valence-electron chi connectivity index (χ0n) is 25.1. The second kappa shape index (κ2) is 10.4. The zero-order chi connectivity index (χ0) is 30.0. The molecule has 6 aromatic rings. The highest BCUT2D eigenvalue weighted by atomic mass is 16.3. The van der Waals surface area contributed by atoms with E-state index in [2.05, 4.69) is 66.1 Å². The Labute approximate surface area is 252 Å². The maximum Gasteiger partial charge on any atom is 0.123 e. The van der Waals surface area contributed by atoms with E-state index >= 15 is 0 Å². The topological polar surface area (TPSA) is 67.2 Å². The summed E-state index contributed by atoms with van der Waals surface area (Å²) in [5.74, 6) is -0.899. The number of aliphatic hydroxyl groups is 2. The molecule has 0 bridgehead atoms. The molecule has 1 aliphatic carbocycles. The molecule has 7 rings (SSSR count). The Morgan fingerprint density at radius 3 is 1.44 bits per heavy atom. The number of phenols is 1. The number of rotatable bonds is 6. The number of fused-ring (bicyclic) bond motifs is 4. The predicted octanol–water partition coefficient (Wildman–Crippen LogP) is 7.52. The lowest BCUT2D eigenvalue weighted by molar-refractivity contribution is -0.0766. The van der Waals surface area contributed by atoms with Gasteiger partial charge in [-0.25, -0.2) is 0 Å². The van der Waals surface area contributed by atoms with Crippen LogP contribution in [0.15, 0.2) is 91.0 Å². The Kier molecular flexibility index (Phi) is 6.68. The Hall–Kier alpha value is -4.32. The van der Waals surface area contributed by atoms with E-state index in [9.17, 15) is 15.3 Å². The molecule has 1 aliphatic rings. The van der Waals surface area contributed by atoms with Gasteiger partial charge < -0.3 is 25.1 Å². The van der Waals surface area contributed by atoms with Gasteiger partial charge in [-0.05, 0) is 47.2 Å². The van der Waals surface area contributed by atoms with Crippen molar-refractivity contribution in [2.24, 2.45) is 0 Å². The van der Waals surface area contributed by atoms with E-state index in [4.69, 9.17) is 0 Å². The normalized spacial score (nSPS) is 20.1. The largest absolute Gasteiger partial charge is 0.507 e. The minimum Gasteiger partial charge on any atom is -0.507 e. The van der Waals surface area contributed by atoms with E-state index in [1.54, 1.807) is 6.07 Å². The second-order valence-corrected chi connectivity index (χ2v) is 12.0. The molecule has 1 fully saturated rings. The molecule has 2 unspecified atom stereocenters. The Balaban J connectivity index is 1.48. The number of benzene rings is 6. The first kappa shape index (κ1) is 27.5. The van der Waals surface area contributed by atoms with Crippen molar-refractivity contribution in [3.05, 3.63) is 102 Å². The standard InChI is InChI=1S/C38H38N2O3/c1-5-40(6-2)36-26-18-11-7-14-22(26)30(23-15-8-12-19-27(23)36)33-37(42)34(38(33)43)32-24-16-9-10-17-25(24)35(39(3)4)28-20-13-21-29(41)31(28)32/h7-21,33-34,37-38,41-43H,5-6H2,1-4H3. The zero-order valence-corrected chi connectivity index (χ0v) is 25.1. The smallest absolute Gasteiger partial charge is 0.123 e. The molecule has 2 atom stereocenters. The molecule has 1 saturated carbocycles. The van der Waals surface area contributed by atoms with Gasteiger partial charge in [-0.15, -0.1) is 0 Å². The molecule has 0 aromatic heterocycles. The van der Waals surface area contributed by atoms with Gasteiger partial charge in [0.2, 0.25) is 0 Å². The van der Waals surface area contributed by atoms with Crippen LogP contribution in [0, 0.1) is 0 Å². The van der Waals surface area contributed by atoms with Crippen LogP contribution in [-0.2, 0) is 0 Å². The third-order valence-electron chi connectivity index (χ3n) is 9.65. The summed E-state index contributed by atoms with van der Waals surface area (Å²) in [6, 6.07) is 30.5. The summed E-state index contributed by atoms with van der Waals surface area (Å²) >= 11 is 0. The van der Waals surface area contributed by atoms with E-state index in [1.165, 1.54) is 5.69 Å². The molecule has 0 spiro atoms. The molecule has 43 heavy (non-hydrogen) atoms. The fourth-order valence-corrected chi connectivity index (χ4v) is 7.82. The molecular weight excluding hydrogens is 532 g/mol. The summed E-state index contributed by atoms with van der Waals surface area (Å²) < 4.78 is 0. The van der Waals surface area contributed by atoms with Crippen LogP contribution in [0.25, 0.3) is 43.1 Å².